The first kappa shape index (κ1) is 18.4. The molecule has 0 fully saturated rings. The van der Waals surface area contributed by atoms with Crippen molar-refractivity contribution in [2.75, 3.05) is 7.05 Å². The molecule has 3 amide bonds. The van der Waals surface area contributed by atoms with Gasteiger partial charge in [0.2, 0.25) is 17.7 Å². The highest BCUT2D eigenvalue weighted by Gasteiger charge is 2.25. The zero-order chi connectivity index (χ0) is 15.7. The van der Waals surface area contributed by atoms with Crippen molar-refractivity contribution in [1.82, 2.24) is 16.0 Å². The Morgan fingerprint density at radius 3 is 1.60 bits per heavy atom. The fraction of sp³-hybridized carbons (Fsp3) is 0.769. The van der Waals surface area contributed by atoms with Crippen LogP contribution in [0.4, 0.5) is 0 Å². The fourth-order valence-electron chi connectivity index (χ4n) is 1.79. The third kappa shape index (κ3) is 5.56. The van der Waals surface area contributed by atoms with Crippen LogP contribution < -0.4 is 21.7 Å². The average molecular weight is 286 g/mol. The van der Waals surface area contributed by atoms with E-state index < -0.39 is 23.9 Å². The van der Waals surface area contributed by atoms with Crippen LogP contribution in [0.15, 0.2) is 0 Å². The number of amides is 3. The monoisotopic (exact) mass is 286 g/mol. The molecule has 0 aromatic heterocycles. The van der Waals surface area contributed by atoms with Crippen molar-refractivity contribution in [2.45, 2.75) is 58.2 Å². The molecule has 0 aliphatic heterocycles. The maximum Gasteiger partial charge on any atom is 0.243 e. The molecule has 0 aliphatic carbocycles. The molecule has 0 aliphatic rings. The molecular weight excluding hydrogens is 260 g/mol. The summed E-state index contributed by atoms with van der Waals surface area (Å²) in [6.45, 7) is 5.42. The Morgan fingerprint density at radius 2 is 1.25 bits per heavy atom. The molecule has 0 aromatic rings. The molecule has 20 heavy (non-hydrogen) atoms. The minimum atomic E-state index is -0.709. The summed E-state index contributed by atoms with van der Waals surface area (Å²) in [6.07, 6.45) is 1.48. The van der Waals surface area contributed by atoms with Gasteiger partial charge in [0.25, 0.3) is 0 Å². The first-order chi connectivity index (χ1) is 9.40. The van der Waals surface area contributed by atoms with E-state index in [-0.39, 0.29) is 11.9 Å². The lowest BCUT2D eigenvalue weighted by Crippen LogP contribution is -2.55. The third-order valence-electron chi connectivity index (χ3n) is 3.18. The third-order valence-corrected chi connectivity index (χ3v) is 3.18. The number of likely N-dealkylation sites (N-methyl/N-ethyl adjacent to an activating group) is 1. The van der Waals surface area contributed by atoms with Crippen molar-refractivity contribution in [3.8, 4) is 0 Å². The normalized spacial score (nSPS) is 15.0. The lowest BCUT2D eigenvalue weighted by atomic mass is 10.1. The Bertz CT molecular complexity index is 343. The van der Waals surface area contributed by atoms with E-state index in [2.05, 4.69) is 16.0 Å². The van der Waals surface area contributed by atoms with Crippen molar-refractivity contribution in [2.24, 2.45) is 5.73 Å². The van der Waals surface area contributed by atoms with Crippen LogP contribution in [0.5, 0.6) is 0 Å². The first-order valence-electron chi connectivity index (χ1n) is 6.98. The summed E-state index contributed by atoms with van der Waals surface area (Å²) in [4.78, 5) is 35.1. The summed E-state index contributed by atoms with van der Waals surface area (Å²) in [5, 5.41) is 8.09. The standard InChI is InChI=1S/C13H26N4O3/c1-5-8(11(14)18)16-13(20)10(7-3)17-12(19)9(6-2)15-4/h8-10,15H,5-7H2,1-4H3,(H2,14,18)(H,16,20)(H,17,19). The second kappa shape index (κ2) is 9.30. The van der Waals surface area contributed by atoms with Gasteiger partial charge in [0, 0.05) is 0 Å². The van der Waals surface area contributed by atoms with Crippen LogP contribution in [0.1, 0.15) is 40.0 Å². The molecule has 3 unspecified atom stereocenters. The number of carbonyl (C=O) groups is 3. The number of hydrogen-bond acceptors (Lipinski definition) is 4. The van der Waals surface area contributed by atoms with Crippen LogP contribution >= 0.6 is 0 Å². The van der Waals surface area contributed by atoms with Gasteiger partial charge in [-0.3, -0.25) is 14.4 Å². The smallest absolute Gasteiger partial charge is 0.243 e. The van der Waals surface area contributed by atoms with E-state index in [1.807, 2.05) is 6.92 Å². The van der Waals surface area contributed by atoms with Crippen molar-refractivity contribution in [3.05, 3.63) is 0 Å². The Hall–Kier alpha value is -1.63. The highest BCUT2D eigenvalue weighted by molar-refractivity contribution is 5.92. The second-order valence-electron chi connectivity index (χ2n) is 4.59. The Morgan fingerprint density at radius 1 is 0.850 bits per heavy atom. The predicted molar refractivity (Wildman–Crippen MR) is 76.8 cm³/mol. The van der Waals surface area contributed by atoms with E-state index in [1.54, 1.807) is 20.9 Å². The Balaban J connectivity index is 4.63. The van der Waals surface area contributed by atoms with E-state index in [9.17, 15) is 14.4 Å². The maximum atomic E-state index is 12.0. The minimum Gasteiger partial charge on any atom is -0.368 e. The SMILES string of the molecule is CCC(NC(=O)C(CC)NC(=O)C(CC)NC)C(N)=O. The van der Waals surface area contributed by atoms with E-state index in [4.69, 9.17) is 5.73 Å². The Kier molecular flexibility index (Phi) is 8.54. The molecule has 5 N–H and O–H groups in total. The van der Waals surface area contributed by atoms with E-state index in [0.29, 0.717) is 19.3 Å². The fourth-order valence-corrected chi connectivity index (χ4v) is 1.79. The highest BCUT2D eigenvalue weighted by Crippen LogP contribution is 1.98. The molecular formula is C13H26N4O3. The van der Waals surface area contributed by atoms with E-state index >= 15 is 0 Å². The summed E-state index contributed by atoms with van der Waals surface area (Å²) >= 11 is 0. The molecule has 0 rings (SSSR count). The molecule has 0 saturated carbocycles. The van der Waals surface area contributed by atoms with Gasteiger partial charge in [-0.25, -0.2) is 0 Å². The van der Waals surface area contributed by atoms with Crippen LogP contribution in [0.2, 0.25) is 0 Å². The van der Waals surface area contributed by atoms with E-state index in [0.717, 1.165) is 0 Å². The summed E-state index contributed by atoms with van der Waals surface area (Å²) in [6, 6.07) is -1.71. The molecule has 0 saturated heterocycles. The molecule has 0 bridgehead atoms. The molecule has 0 radical (unpaired) electrons. The van der Waals surface area contributed by atoms with Crippen LogP contribution in [-0.4, -0.2) is 42.9 Å². The van der Waals surface area contributed by atoms with Crippen LogP contribution in [0.25, 0.3) is 0 Å². The van der Waals surface area contributed by atoms with Gasteiger partial charge < -0.3 is 21.7 Å². The number of hydrogen-bond donors (Lipinski definition) is 4. The van der Waals surface area contributed by atoms with Crippen molar-refractivity contribution in [3.63, 3.8) is 0 Å². The highest BCUT2D eigenvalue weighted by atomic mass is 16.2. The molecule has 7 heteroatoms. The number of nitrogens with one attached hydrogen (secondary N) is 3. The van der Waals surface area contributed by atoms with Gasteiger partial charge in [0.05, 0.1) is 6.04 Å². The molecule has 7 nitrogen and oxygen atoms in total. The van der Waals surface area contributed by atoms with Gasteiger partial charge in [-0.1, -0.05) is 20.8 Å². The largest absolute Gasteiger partial charge is 0.368 e. The number of primary amides is 1. The molecule has 0 heterocycles. The van der Waals surface area contributed by atoms with Gasteiger partial charge in [-0.15, -0.1) is 0 Å². The summed E-state index contributed by atoms with van der Waals surface area (Å²) in [5.74, 6) is -1.20. The van der Waals surface area contributed by atoms with Crippen LogP contribution in [0.3, 0.4) is 0 Å². The number of nitrogens with two attached hydrogens (primary N) is 1. The zero-order valence-electron chi connectivity index (χ0n) is 12.7. The van der Waals surface area contributed by atoms with Crippen LogP contribution in [-0.2, 0) is 14.4 Å². The molecule has 0 spiro atoms. The summed E-state index contributed by atoms with van der Waals surface area (Å²) < 4.78 is 0. The minimum absolute atomic E-state index is 0.232. The zero-order valence-corrected chi connectivity index (χ0v) is 12.7. The van der Waals surface area contributed by atoms with Gasteiger partial charge in [0.15, 0.2) is 0 Å². The second-order valence-corrected chi connectivity index (χ2v) is 4.59. The van der Waals surface area contributed by atoms with Gasteiger partial charge in [-0.05, 0) is 26.3 Å². The quantitative estimate of drug-likeness (QED) is 0.447. The lowest BCUT2D eigenvalue weighted by molar-refractivity contribution is -0.132. The van der Waals surface area contributed by atoms with Crippen LogP contribution in [0, 0.1) is 0 Å². The first-order valence-corrected chi connectivity index (χ1v) is 6.98. The Labute approximate surface area is 120 Å². The maximum absolute atomic E-state index is 12.0. The topological polar surface area (TPSA) is 113 Å². The molecule has 0 aromatic carbocycles. The van der Waals surface area contributed by atoms with Gasteiger partial charge in [-0.2, -0.15) is 0 Å². The lowest BCUT2D eigenvalue weighted by Gasteiger charge is -2.22. The van der Waals surface area contributed by atoms with E-state index in [1.165, 1.54) is 0 Å². The van der Waals surface area contributed by atoms with Gasteiger partial charge >= 0.3 is 0 Å². The van der Waals surface area contributed by atoms with Crippen molar-refractivity contribution in [1.29, 1.82) is 0 Å². The summed E-state index contributed by atoms with van der Waals surface area (Å²) in [7, 11) is 1.69. The number of carbonyl (C=O) groups excluding carboxylic acids is 3. The summed E-state index contributed by atoms with van der Waals surface area (Å²) in [5.41, 5.74) is 5.18. The predicted octanol–water partition coefficient (Wildman–Crippen LogP) is -0.741. The average Bonchev–Trinajstić information content (AvgIpc) is 2.42. The molecule has 116 valence electrons. The van der Waals surface area contributed by atoms with Crippen molar-refractivity contribution >= 4 is 17.7 Å². The van der Waals surface area contributed by atoms with Gasteiger partial charge in [0.1, 0.15) is 12.1 Å². The van der Waals surface area contributed by atoms with Crippen molar-refractivity contribution < 1.29 is 14.4 Å². The molecule has 3 atom stereocenters. The number of rotatable bonds is 9.